The molecule has 1 aliphatic rings. The van der Waals surface area contributed by atoms with Gasteiger partial charge in [-0.25, -0.2) is 0 Å². The number of nitrogens with zero attached hydrogens (tertiary/aromatic N) is 1. The summed E-state index contributed by atoms with van der Waals surface area (Å²) in [7, 11) is 0. The van der Waals surface area contributed by atoms with E-state index >= 15 is 0 Å². The van der Waals surface area contributed by atoms with Crippen LogP contribution in [0.3, 0.4) is 0 Å². The van der Waals surface area contributed by atoms with E-state index in [1.165, 1.54) is 11.3 Å². The van der Waals surface area contributed by atoms with E-state index in [1.54, 1.807) is 0 Å². The van der Waals surface area contributed by atoms with E-state index in [-0.39, 0.29) is 12.4 Å². The molecule has 2 nitrogen and oxygen atoms in total. The zero-order chi connectivity index (χ0) is 7.68. The molecule has 0 saturated heterocycles. The van der Waals surface area contributed by atoms with Crippen LogP contribution in [0.15, 0.2) is 16.7 Å². The van der Waals surface area contributed by atoms with Crippen molar-refractivity contribution >= 4 is 28.3 Å². The quantitative estimate of drug-likeness (QED) is 0.760. The largest absolute Gasteiger partial charge is 0.312 e. The lowest BCUT2D eigenvalue weighted by Gasteiger charge is -2.15. The molecular weight excluding hydrogens is 239 g/mol. The van der Waals surface area contributed by atoms with Crippen LogP contribution < -0.4 is 5.32 Å². The molecule has 1 N–H and O–H groups in total. The second-order valence-corrected chi connectivity index (χ2v) is 3.60. The first-order valence-electron chi connectivity index (χ1n) is 3.70. The number of halogens is 2. The third-order valence-corrected chi connectivity index (χ3v) is 2.31. The highest BCUT2D eigenvalue weighted by atomic mass is 79.9. The summed E-state index contributed by atoms with van der Waals surface area (Å²) in [6, 6.07) is 2.13. The zero-order valence-corrected chi connectivity index (χ0v) is 8.91. The van der Waals surface area contributed by atoms with Gasteiger partial charge in [-0.1, -0.05) is 0 Å². The first-order chi connectivity index (χ1) is 5.36. The van der Waals surface area contributed by atoms with Gasteiger partial charge in [0.05, 0.1) is 0 Å². The first-order valence-corrected chi connectivity index (χ1v) is 4.49. The number of hydrogen-bond donors (Lipinski definition) is 1. The highest BCUT2D eigenvalue weighted by Gasteiger charge is 2.08. The van der Waals surface area contributed by atoms with Crippen molar-refractivity contribution in [2.75, 3.05) is 6.54 Å². The van der Waals surface area contributed by atoms with Crippen molar-refractivity contribution in [2.24, 2.45) is 0 Å². The summed E-state index contributed by atoms with van der Waals surface area (Å²) in [5.41, 5.74) is 2.57. The maximum absolute atomic E-state index is 4.33. The van der Waals surface area contributed by atoms with E-state index in [9.17, 15) is 0 Å². The molecular formula is C8H10BrClN2. The van der Waals surface area contributed by atoms with Gasteiger partial charge in [-0.2, -0.15) is 0 Å². The van der Waals surface area contributed by atoms with Crippen LogP contribution in [0.5, 0.6) is 0 Å². The standard InChI is InChI=1S/C8H9BrN2.ClH/c9-7-3-6-4-10-2-1-8(6)11-5-7;/h3,5,10H,1-2,4H2;1H. The molecule has 1 aromatic rings. The Hall–Kier alpha value is -0.120. The molecule has 0 atom stereocenters. The first kappa shape index (κ1) is 9.96. The van der Waals surface area contributed by atoms with Crippen molar-refractivity contribution in [2.45, 2.75) is 13.0 Å². The molecule has 0 aromatic carbocycles. The monoisotopic (exact) mass is 248 g/mol. The van der Waals surface area contributed by atoms with Crippen LogP contribution >= 0.6 is 28.3 Å². The van der Waals surface area contributed by atoms with Gasteiger partial charge in [0.2, 0.25) is 0 Å². The van der Waals surface area contributed by atoms with Crippen molar-refractivity contribution in [1.29, 1.82) is 0 Å². The van der Waals surface area contributed by atoms with Crippen molar-refractivity contribution in [3.05, 3.63) is 28.0 Å². The summed E-state index contributed by atoms with van der Waals surface area (Å²) in [6.07, 6.45) is 2.92. The lowest BCUT2D eigenvalue weighted by molar-refractivity contribution is 0.629. The average Bonchev–Trinajstić information content (AvgIpc) is 2.04. The van der Waals surface area contributed by atoms with Gasteiger partial charge in [0.1, 0.15) is 0 Å². The smallest absolute Gasteiger partial charge is 0.0462 e. The summed E-state index contributed by atoms with van der Waals surface area (Å²) >= 11 is 3.40. The number of rotatable bonds is 0. The molecule has 0 aliphatic carbocycles. The number of aromatic nitrogens is 1. The van der Waals surface area contributed by atoms with Crippen molar-refractivity contribution in [3.63, 3.8) is 0 Å². The second kappa shape index (κ2) is 4.21. The van der Waals surface area contributed by atoms with E-state index in [0.29, 0.717) is 0 Å². The lowest BCUT2D eigenvalue weighted by Crippen LogP contribution is -2.24. The molecule has 0 spiro atoms. The minimum absolute atomic E-state index is 0. The maximum atomic E-state index is 4.33. The Morgan fingerprint density at radius 1 is 1.50 bits per heavy atom. The van der Waals surface area contributed by atoms with Gasteiger partial charge < -0.3 is 5.32 Å². The topological polar surface area (TPSA) is 24.9 Å². The van der Waals surface area contributed by atoms with Crippen LogP contribution in [0.25, 0.3) is 0 Å². The Morgan fingerprint density at radius 2 is 2.33 bits per heavy atom. The van der Waals surface area contributed by atoms with Crippen molar-refractivity contribution < 1.29 is 0 Å². The summed E-state index contributed by atoms with van der Waals surface area (Å²) in [5, 5.41) is 3.31. The fraction of sp³-hybridized carbons (Fsp3) is 0.375. The van der Waals surface area contributed by atoms with Gasteiger partial charge in [-0.15, -0.1) is 12.4 Å². The van der Waals surface area contributed by atoms with Gasteiger partial charge in [0, 0.05) is 35.9 Å². The molecule has 0 radical (unpaired) electrons. The summed E-state index contributed by atoms with van der Waals surface area (Å²) in [5.74, 6) is 0. The highest BCUT2D eigenvalue weighted by molar-refractivity contribution is 9.10. The van der Waals surface area contributed by atoms with Crippen molar-refractivity contribution in [3.8, 4) is 0 Å². The van der Waals surface area contributed by atoms with Crippen molar-refractivity contribution in [1.82, 2.24) is 10.3 Å². The Bertz CT molecular complexity index is 278. The Labute approximate surface area is 86.3 Å². The Morgan fingerprint density at radius 3 is 3.17 bits per heavy atom. The highest BCUT2D eigenvalue weighted by Crippen LogP contribution is 2.16. The lowest BCUT2D eigenvalue weighted by atomic mass is 10.1. The molecule has 1 aliphatic heterocycles. The second-order valence-electron chi connectivity index (χ2n) is 2.69. The molecule has 0 bridgehead atoms. The minimum Gasteiger partial charge on any atom is -0.312 e. The van der Waals surface area contributed by atoms with Gasteiger partial charge in [-0.3, -0.25) is 4.98 Å². The summed E-state index contributed by atoms with van der Waals surface area (Å²) in [6.45, 7) is 2.02. The number of hydrogen-bond acceptors (Lipinski definition) is 2. The molecule has 2 heterocycles. The van der Waals surface area contributed by atoms with Gasteiger partial charge in [0.15, 0.2) is 0 Å². The van der Waals surface area contributed by atoms with E-state index in [4.69, 9.17) is 0 Å². The fourth-order valence-corrected chi connectivity index (χ4v) is 1.70. The molecule has 12 heavy (non-hydrogen) atoms. The van der Waals surface area contributed by atoms with Gasteiger partial charge in [0.25, 0.3) is 0 Å². The summed E-state index contributed by atoms with van der Waals surface area (Å²) < 4.78 is 1.07. The predicted octanol–water partition coefficient (Wildman–Crippen LogP) is 1.91. The fourth-order valence-electron chi connectivity index (χ4n) is 1.32. The van der Waals surface area contributed by atoms with E-state index < -0.39 is 0 Å². The Balaban J connectivity index is 0.000000720. The van der Waals surface area contributed by atoms with E-state index in [0.717, 1.165) is 24.0 Å². The molecule has 4 heteroatoms. The third-order valence-electron chi connectivity index (χ3n) is 1.88. The average molecular weight is 250 g/mol. The third kappa shape index (κ3) is 1.97. The maximum Gasteiger partial charge on any atom is 0.0462 e. The molecule has 2 rings (SSSR count). The summed E-state index contributed by atoms with van der Waals surface area (Å²) in [4.78, 5) is 4.33. The van der Waals surface area contributed by atoms with Crippen LogP contribution in [0.4, 0.5) is 0 Å². The van der Waals surface area contributed by atoms with Crippen LogP contribution in [-0.2, 0) is 13.0 Å². The zero-order valence-electron chi connectivity index (χ0n) is 6.51. The number of fused-ring (bicyclic) bond motifs is 1. The molecule has 0 saturated carbocycles. The van der Waals surface area contributed by atoms with E-state index in [2.05, 4.69) is 32.3 Å². The van der Waals surface area contributed by atoms with Gasteiger partial charge >= 0.3 is 0 Å². The molecule has 0 amide bonds. The molecule has 0 unspecified atom stereocenters. The molecule has 0 fully saturated rings. The van der Waals surface area contributed by atoms with E-state index in [1.807, 2.05) is 6.20 Å². The predicted molar refractivity (Wildman–Crippen MR) is 54.6 cm³/mol. The Kier molecular flexibility index (Phi) is 3.50. The normalized spacial score (nSPS) is 14.8. The van der Waals surface area contributed by atoms with Gasteiger partial charge in [-0.05, 0) is 27.6 Å². The number of nitrogens with one attached hydrogen (secondary N) is 1. The minimum atomic E-state index is 0. The van der Waals surface area contributed by atoms with Crippen LogP contribution in [0, 0.1) is 0 Å². The molecule has 1 aromatic heterocycles. The van der Waals surface area contributed by atoms with Crippen LogP contribution in [0.1, 0.15) is 11.3 Å². The van der Waals surface area contributed by atoms with Crippen LogP contribution in [0.2, 0.25) is 0 Å². The molecule has 66 valence electrons. The van der Waals surface area contributed by atoms with Crippen LogP contribution in [-0.4, -0.2) is 11.5 Å². The SMILES string of the molecule is Brc1cnc2c(c1)CNCC2.Cl. The number of pyridine rings is 1.